The van der Waals surface area contributed by atoms with E-state index in [1.165, 1.54) is 6.07 Å². The molecule has 3 rings (SSSR count). The van der Waals surface area contributed by atoms with Crippen LogP contribution in [0.5, 0.6) is 0 Å². The van der Waals surface area contributed by atoms with E-state index in [1.807, 2.05) is 0 Å². The number of aromatic nitrogens is 1. The maximum absolute atomic E-state index is 13.7. The summed E-state index contributed by atoms with van der Waals surface area (Å²) in [5.74, 6) is 0.0394. The van der Waals surface area contributed by atoms with E-state index in [2.05, 4.69) is 29.0 Å². The zero-order valence-corrected chi connectivity index (χ0v) is 14.1. The minimum absolute atomic E-state index is 0.0115. The molecule has 0 aliphatic carbocycles. The number of amides is 1. The van der Waals surface area contributed by atoms with Crippen molar-refractivity contribution >= 4 is 16.8 Å². The van der Waals surface area contributed by atoms with Gasteiger partial charge in [0.15, 0.2) is 0 Å². The number of carbonyl (C=O) groups is 1. The maximum atomic E-state index is 13.7. The topological polar surface area (TPSA) is 57.4 Å². The number of benzene rings is 1. The fourth-order valence-corrected chi connectivity index (χ4v) is 3.13. The molecule has 1 saturated heterocycles. The normalized spacial score (nSPS) is 19.1. The lowest BCUT2D eigenvalue weighted by atomic mass is 10.2. The maximum Gasteiger partial charge on any atom is 0.267 e. The van der Waals surface area contributed by atoms with E-state index in [4.69, 9.17) is 4.74 Å². The van der Waals surface area contributed by atoms with E-state index >= 15 is 0 Å². The number of hydrogen-bond donors (Lipinski definition) is 2. The van der Waals surface area contributed by atoms with Gasteiger partial charge in [0.05, 0.1) is 12.7 Å². The van der Waals surface area contributed by atoms with Crippen LogP contribution in [-0.2, 0) is 4.74 Å². The van der Waals surface area contributed by atoms with Gasteiger partial charge in [0, 0.05) is 37.1 Å². The lowest BCUT2D eigenvalue weighted by Crippen LogP contribution is -2.48. The molecule has 1 fully saturated rings. The number of nitrogens with one attached hydrogen (secondary N) is 2. The third kappa shape index (κ3) is 3.94. The van der Waals surface area contributed by atoms with Gasteiger partial charge in [-0.05, 0) is 24.1 Å². The van der Waals surface area contributed by atoms with Crippen molar-refractivity contribution in [2.45, 2.75) is 20.0 Å². The largest absolute Gasteiger partial charge is 0.374 e. The van der Waals surface area contributed by atoms with Crippen molar-refractivity contribution in [2.24, 2.45) is 5.92 Å². The quantitative estimate of drug-likeness (QED) is 0.883. The van der Waals surface area contributed by atoms with E-state index in [9.17, 15) is 9.18 Å². The summed E-state index contributed by atoms with van der Waals surface area (Å²) in [7, 11) is 0. The van der Waals surface area contributed by atoms with Gasteiger partial charge in [0.2, 0.25) is 0 Å². The molecule has 2 heterocycles. The fraction of sp³-hybridized carbons (Fsp3) is 0.500. The Morgan fingerprint density at radius 3 is 3.08 bits per heavy atom. The van der Waals surface area contributed by atoms with Crippen LogP contribution in [0.25, 0.3) is 10.9 Å². The zero-order chi connectivity index (χ0) is 17.1. The molecule has 1 aliphatic rings. The number of H-pyrrole nitrogens is 1. The van der Waals surface area contributed by atoms with Crippen molar-refractivity contribution in [3.05, 3.63) is 35.8 Å². The predicted molar refractivity (Wildman–Crippen MR) is 91.6 cm³/mol. The number of rotatable bonds is 5. The summed E-state index contributed by atoms with van der Waals surface area (Å²) in [6, 6.07) is 6.31. The number of morpholine rings is 1. The highest BCUT2D eigenvalue weighted by Gasteiger charge is 2.22. The van der Waals surface area contributed by atoms with Gasteiger partial charge in [-0.3, -0.25) is 9.69 Å². The molecule has 1 unspecified atom stereocenters. The van der Waals surface area contributed by atoms with Crippen LogP contribution in [0.2, 0.25) is 0 Å². The van der Waals surface area contributed by atoms with Crippen LogP contribution in [0.4, 0.5) is 4.39 Å². The second kappa shape index (κ2) is 7.32. The Balaban J connectivity index is 1.57. The SMILES string of the molecule is CC(C)CN1CCOC(CNC(=O)c2cc3c(F)cccc3[nH]2)C1. The molecule has 1 aromatic carbocycles. The first-order chi connectivity index (χ1) is 11.5. The Bertz CT molecular complexity index is 713. The highest BCUT2D eigenvalue weighted by Crippen LogP contribution is 2.18. The molecule has 0 spiro atoms. The number of nitrogens with zero attached hydrogens (tertiary/aromatic N) is 1. The van der Waals surface area contributed by atoms with E-state index in [0.29, 0.717) is 35.7 Å². The Labute approximate surface area is 141 Å². The number of halogens is 1. The lowest BCUT2D eigenvalue weighted by Gasteiger charge is -2.33. The average molecular weight is 333 g/mol. The molecule has 1 atom stereocenters. The third-order valence-electron chi connectivity index (χ3n) is 4.19. The molecule has 1 aromatic heterocycles. The van der Waals surface area contributed by atoms with Gasteiger partial charge >= 0.3 is 0 Å². The first-order valence-electron chi connectivity index (χ1n) is 8.42. The van der Waals surface area contributed by atoms with Crippen molar-refractivity contribution in [3.8, 4) is 0 Å². The van der Waals surface area contributed by atoms with Gasteiger partial charge in [-0.25, -0.2) is 4.39 Å². The standard InChI is InChI=1S/C18H24FN3O2/c1-12(2)10-22-6-7-24-13(11-22)9-20-18(23)17-8-14-15(19)4-3-5-16(14)21-17/h3-5,8,12-13,21H,6-7,9-11H2,1-2H3,(H,20,23). The fourth-order valence-electron chi connectivity index (χ4n) is 3.13. The Kier molecular flexibility index (Phi) is 5.16. The Morgan fingerprint density at radius 2 is 2.33 bits per heavy atom. The molecule has 24 heavy (non-hydrogen) atoms. The van der Waals surface area contributed by atoms with Crippen LogP contribution < -0.4 is 5.32 Å². The molecule has 2 aromatic rings. The summed E-state index contributed by atoms with van der Waals surface area (Å²) in [4.78, 5) is 17.6. The Morgan fingerprint density at radius 1 is 1.50 bits per heavy atom. The number of hydrogen-bond acceptors (Lipinski definition) is 3. The van der Waals surface area contributed by atoms with E-state index in [1.54, 1.807) is 18.2 Å². The molecule has 1 aliphatic heterocycles. The molecule has 2 N–H and O–H groups in total. The smallest absolute Gasteiger partial charge is 0.267 e. The third-order valence-corrected chi connectivity index (χ3v) is 4.19. The number of ether oxygens (including phenoxy) is 1. The molecule has 0 radical (unpaired) electrons. The summed E-state index contributed by atoms with van der Waals surface area (Å²) in [6.45, 7) is 8.32. The second-order valence-corrected chi connectivity index (χ2v) is 6.74. The van der Waals surface area contributed by atoms with Crippen molar-refractivity contribution in [2.75, 3.05) is 32.8 Å². The highest BCUT2D eigenvalue weighted by atomic mass is 19.1. The first-order valence-corrected chi connectivity index (χ1v) is 8.42. The molecular formula is C18H24FN3O2. The average Bonchev–Trinajstić information content (AvgIpc) is 2.98. The Hall–Kier alpha value is -1.92. The van der Waals surface area contributed by atoms with Gasteiger partial charge in [0.1, 0.15) is 11.5 Å². The van der Waals surface area contributed by atoms with Gasteiger partial charge in [0.25, 0.3) is 5.91 Å². The second-order valence-electron chi connectivity index (χ2n) is 6.74. The van der Waals surface area contributed by atoms with Gasteiger partial charge in [-0.2, -0.15) is 0 Å². The minimum Gasteiger partial charge on any atom is -0.374 e. The minimum atomic E-state index is -0.331. The van der Waals surface area contributed by atoms with Gasteiger partial charge in [-0.1, -0.05) is 19.9 Å². The molecule has 5 nitrogen and oxygen atoms in total. The van der Waals surface area contributed by atoms with Crippen molar-refractivity contribution in [1.82, 2.24) is 15.2 Å². The summed E-state index contributed by atoms with van der Waals surface area (Å²) < 4.78 is 19.4. The monoisotopic (exact) mass is 333 g/mol. The van der Waals surface area contributed by atoms with Crippen LogP contribution in [0.1, 0.15) is 24.3 Å². The zero-order valence-electron chi connectivity index (χ0n) is 14.1. The molecule has 0 saturated carbocycles. The molecule has 0 bridgehead atoms. The number of fused-ring (bicyclic) bond motifs is 1. The summed E-state index contributed by atoms with van der Waals surface area (Å²) in [6.07, 6.45) is -0.0115. The van der Waals surface area contributed by atoms with Gasteiger partial charge in [-0.15, -0.1) is 0 Å². The number of carbonyl (C=O) groups excluding carboxylic acids is 1. The summed E-state index contributed by atoms with van der Waals surface area (Å²) in [5.41, 5.74) is 0.988. The highest BCUT2D eigenvalue weighted by molar-refractivity contribution is 5.98. The predicted octanol–water partition coefficient (Wildman–Crippen LogP) is 2.39. The lowest BCUT2D eigenvalue weighted by molar-refractivity contribution is -0.0295. The van der Waals surface area contributed by atoms with Crippen LogP contribution in [0.3, 0.4) is 0 Å². The van der Waals surface area contributed by atoms with Crippen LogP contribution in [0, 0.1) is 11.7 Å². The summed E-state index contributed by atoms with van der Waals surface area (Å²) >= 11 is 0. The molecule has 1 amide bonds. The number of aromatic amines is 1. The van der Waals surface area contributed by atoms with Crippen LogP contribution in [-0.4, -0.2) is 54.7 Å². The van der Waals surface area contributed by atoms with E-state index in [0.717, 1.165) is 19.6 Å². The van der Waals surface area contributed by atoms with Gasteiger partial charge < -0.3 is 15.0 Å². The molecule has 6 heteroatoms. The van der Waals surface area contributed by atoms with Crippen molar-refractivity contribution in [3.63, 3.8) is 0 Å². The van der Waals surface area contributed by atoms with E-state index < -0.39 is 0 Å². The van der Waals surface area contributed by atoms with E-state index in [-0.39, 0.29) is 17.8 Å². The van der Waals surface area contributed by atoms with Crippen molar-refractivity contribution < 1.29 is 13.9 Å². The van der Waals surface area contributed by atoms with Crippen LogP contribution in [0.15, 0.2) is 24.3 Å². The van der Waals surface area contributed by atoms with Crippen LogP contribution >= 0.6 is 0 Å². The first kappa shape index (κ1) is 16.9. The molecule has 130 valence electrons. The van der Waals surface area contributed by atoms with Crippen molar-refractivity contribution in [1.29, 1.82) is 0 Å². The summed E-state index contributed by atoms with van der Waals surface area (Å²) in [5, 5.41) is 3.31. The molecular weight excluding hydrogens is 309 g/mol.